The molecule has 0 saturated carbocycles. The van der Waals surface area contributed by atoms with E-state index in [1.807, 2.05) is 18.4 Å². The lowest BCUT2D eigenvalue weighted by Crippen LogP contribution is -2.22. The summed E-state index contributed by atoms with van der Waals surface area (Å²) in [7, 11) is 0. The predicted octanol–water partition coefficient (Wildman–Crippen LogP) is 4.25. The molecule has 0 bridgehead atoms. The smallest absolute Gasteiger partial charge is 0.271 e. The largest absolute Gasteiger partial charge is 0.346 e. The van der Waals surface area contributed by atoms with E-state index in [4.69, 9.17) is 0 Å². The molecular weight excluding hydrogens is 319 g/mol. The summed E-state index contributed by atoms with van der Waals surface area (Å²) < 4.78 is 12.9. The van der Waals surface area contributed by atoms with Crippen LogP contribution in [0.2, 0.25) is 0 Å². The lowest BCUT2D eigenvalue weighted by atomic mass is 10.2. The number of benzene rings is 1. The van der Waals surface area contributed by atoms with Crippen LogP contribution in [0.3, 0.4) is 0 Å². The number of nitrogens with zero attached hydrogens (tertiary/aromatic N) is 1. The van der Waals surface area contributed by atoms with Gasteiger partial charge in [0.05, 0.1) is 6.54 Å². The molecule has 2 heterocycles. The van der Waals surface area contributed by atoms with E-state index in [-0.39, 0.29) is 11.7 Å². The molecule has 0 aliphatic heterocycles. The van der Waals surface area contributed by atoms with E-state index in [2.05, 4.69) is 10.3 Å². The van der Waals surface area contributed by atoms with Gasteiger partial charge in [-0.05, 0) is 48.2 Å². The molecule has 3 rings (SSSR count). The number of aromatic nitrogens is 1. The second-order valence-electron chi connectivity index (χ2n) is 4.75. The number of nitrogens with one attached hydrogen (secondary N) is 1. The third kappa shape index (κ3) is 3.23. The van der Waals surface area contributed by atoms with Gasteiger partial charge in [-0.3, -0.25) is 4.79 Å². The van der Waals surface area contributed by atoms with Crippen molar-refractivity contribution in [3.05, 3.63) is 63.0 Å². The Kier molecular flexibility index (Phi) is 4.31. The minimum absolute atomic E-state index is 0.197. The lowest BCUT2D eigenvalue weighted by Gasteiger charge is -2.02. The van der Waals surface area contributed by atoms with Crippen LogP contribution in [0.5, 0.6) is 0 Å². The fourth-order valence-electron chi connectivity index (χ4n) is 1.94. The average Bonchev–Trinajstić information content (AvgIpc) is 3.15. The fraction of sp³-hybridized carbons (Fsp3) is 0.125. The van der Waals surface area contributed by atoms with Crippen molar-refractivity contribution in [1.29, 1.82) is 0 Å². The average molecular weight is 332 g/mol. The lowest BCUT2D eigenvalue weighted by molar-refractivity contribution is 0.0947. The van der Waals surface area contributed by atoms with Crippen molar-refractivity contribution in [2.24, 2.45) is 0 Å². The number of halogens is 1. The summed E-state index contributed by atoms with van der Waals surface area (Å²) in [5, 5.41) is 7.30. The fourth-order valence-corrected chi connectivity index (χ4v) is 3.59. The zero-order valence-electron chi connectivity index (χ0n) is 11.8. The van der Waals surface area contributed by atoms with Crippen LogP contribution in [0.15, 0.2) is 41.1 Å². The van der Waals surface area contributed by atoms with Gasteiger partial charge in [0, 0.05) is 15.8 Å². The SMILES string of the molecule is Cc1ccsc1CNC(=O)c1csc(-c2ccc(F)cc2)n1. The van der Waals surface area contributed by atoms with Crippen LogP contribution in [0.1, 0.15) is 20.9 Å². The highest BCUT2D eigenvalue weighted by Gasteiger charge is 2.12. The summed E-state index contributed by atoms with van der Waals surface area (Å²) in [5.41, 5.74) is 2.37. The third-order valence-corrected chi connectivity index (χ3v) is 5.12. The molecule has 0 unspecified atom stereocenters. The van der Waals surface area contributed by atoms with E-state index in [1.54, 1.807) is 28.8 Å². The topological polar surface area (TPSA) is 42.0 Å². The highest BCUT2D eigenvalue weighted by Crippen LogP contribution is 2.24. The third-order valence-electron chi connectivity index (χ3n) is 3.21. The maximum absolute atomic E-state index is 12.9. The summed E-state index contributed by atoms with van der Waals surface area (Å²) in [6.45, 7) is 2.53. The number of amides is 1. The summed E-state index contributed by atoms with van der Waals surface area (Å²) in [4.78, 5) is 17.6. The molecule has 0 fully saturated rings. The molecule has 0 radical (unpaired) electrons. The van der Waals surface area contributed by atoms with Gasteiger partial charge in [-0.1, -0.05) is 0 Å². The van der Waals surface area contributed by atoms with Gasteiger partial charge in [0.2, 0.25) is 0 Å². The van der Waals surface area contributed by atoms with Gasteiger partial charge >= 0.3 is 0 Å². The zero-order valence-corrected chi connectivity index (χ0v) is 13.4. The van der Waals surface area contributed by atoms with Crippen molar-refractivity contribution in [3.63, 3.8) is 0 Å². The quantitative estimate of drug-likeness (QED) is 0.776. The van der Waals surface area contributed by atoms with E-state index in [0.717, 1.165) is 10.4 Å². The minimum Gasteiger partial charge on any atom is -0.346 e. The van der Waals surface area contributed by atoms with Crippen LogP contribution < -0.4 is 5.32 Å². The second-order valence-corrected chi connectivity index (χ2v) is 6.61. The van der Waals surface area contributed by atoms with Gasteiger partial charge in [-0.2, -0.15) is 0 Å². The van der Waals surface area contributed by atoms with E-state index >= 15 is 0 Å². The first kappa shape index (κ1) is 14.9. The van der Waals surface area contributed by atoms with Gasteiger partial charge in [0.1, 0.15) is 16.5 Å². The van der Waals surface area contributed by atoms with Gasteiger partial charge in [0.15, 0.2) is 0 Å². The number of thiophene rings is 1. The molecule has 3 nitrogen and oxygen atoms in total. The normalized spacial score (nSPS) is 10.6. The number of aryl methyl sites for hydroxylation is 1. The van der Waals surface area contributed by atoms with Crippen LogP contribution in [0.25, 0.3) is 10.6 Å². The Morgan fingerprint density at radius 1 is 1.23 bits per heavy atom. The number of carbonyl (C=O) groups is 1. The Labute approximate surface area is 135 Å². The maximum atomic E-state index is 12.9. The van der Waals surface area contributed by atoms with E-state index in [0.29, 0.717) is 17.2 Å². The second kappa shape index (κ2) is 6.37. The van der Waals surface area contributed by atoms with E-state index < -0.39 is 0 Å². The van der Waals surface area contributed by atoms with Crippen molar-refractivity contribution < 1.29 is 9.18 Å². The van der Waals surface area contributed by atoms with Crippen LogP contribution in [-0.2, 0) is 6.54 Å². The van der Waals surface area contributed by atoms with Crippen LogP contribution in [0.4, 0.5) is 4.39 Å². The highest BCUT2D eigenvalue weighted by molar-refractivity contribution is 7.13. The molecule has 2 aromatic heterocycles. The number of thiazole rings is 1. The Hall–Kier alpha value is -2.05. The Morgan fingerprint density at radius 3 is 2.68 bits per heavy atom. The van der Waals surface area contributed by atoms with Crippen molar-refractivity contribution in [3.8, 4) is 10.6 Å². The molecule has 6 heteroatoms. The Balaban J connectivity index is 1.69. The standard InChI is InChI=1S/C16H13FN2OS2/c1-10-6-7-21-14(10)8-18-15(20)13-9-22-16(19-13)11-2-4-12(17)5-3-11/h2-7,9H,8H2,1H3,(H,18,20). The summed E-state index contributed by atoms with van der Waals surface area (Å²) >= 11 is 2.99. The molecule has 1 N–H and O–H groups in total. The monoisotopic (exact) mass is 332 g/mol. The number of rotatable bonds is 4. The molecule has 1 aromatic carbocycles. The molecule has 112 valence electrons. The predicted molar refractivity (Wildman–Crippen MR) is 87.7 cm³/mol. The van der Waals surface area contributed by atoms with Crippen molar-refractivity contribution in [1.82, 2.24) is 10.3 Å². The molecule has 0 aliphatic carbocycles. The first-order valence-electron chi connectivity index (χ1n) is 6.66. The number of carbonyl (C=O) groups excluding carboxylic acids is 1. The molecule has 0 spiro atoms. The van der Waals surface area contributed by atoms with Gasteiger partial charge < -0.3 is 5.32 Å². The van der Waals surface area contributed by atoms with Crippen LogP contribution in [0, 0.1) is 12.7 Å². The van der Waals surface area contributed by atoms with Gasteiger partial charge in [-0.25, -0.2) is 9.37 Å². The molecular formula is C16H13FN2OS2. The summed E-state index contributed by atoms with van der Waals surface area (Å²) in [6, 6.07) is 8.11. The molecule has 3 aromatic rings. The Bertz CT molecular complexity index is 793. The van der Waals surface area contributed by atoms with E-state index in [1.165, 1.54) is 29.0 Å². The zero-order chi connectivity index (χ0) is 15.5. The molecule has 0 aliphatic rings. The summed E-state index contributed by atoms with van der Waals surface area (Å²) in [5.74, 6) is -0.484. The maximum Gasteiger partial charge on any atom is 0.271 e. The summed E-state index contributed by atoms with van der Waals surface area (Å²) in [6.07, 6.45) is 0. The first-order chi connectivity index (χ1) is 10.6. The Morgan fingerprint density at radius 2 is 2.00 bits per heavy atom. The van der Waals surface area contributed by atoms with E-state index in [9.17, 15) is 9.18 Å². The number of hydrogen-bond acceptors (Lipinski definition) is 4. The van der Waals surface area contributed by atoms with Crippen molar-refractivity contribution in [2.45, 2.75) is 13.5 Å². The highest BCUT2D eigenvalue weighted by atomic mass is 32.1. The van der Waals surface area contributed by atoms with Crippen LogP contribution in [-0.4, -0.2) is 10.9 Å². The molecule has 0 saturated heterocycles. The van der Waals surface area contributed by atoms with Gasteiger partial charge in [0.25, 0.3) is 5.91 Å². The van der Waals surface area contributed by atoms with Crippen molar-refractivity contribution >= 4 is 28.6 Å². The molecule has 0 atom stereocenters. The van der Waals surface area contributed by atoms with Gasteiger partial charge in [-0.15, -0.1) is 22.7 Å². The minimum atomic E-state index is -0.287. The van der Waals surface area contributed by atoms with Crippen LogP contribution >= 0.6 is 22.7 Å². The van der Waals surface area contributed by atoms with Crippen molar-refractivity contribution in [2.75, 3.05) is 0 Å². The molecule has 22 heavy (non-hydrogen) atoms. The molecule has 1 amide bonds. The number of hydrogen-bond donors (Lipinski definition) is 1. The first-order valence-corrected chi connectivity index (χ1v) is 8.42.